The van der Waals surface area contributed by atoms with E-state index in [-0.39, 0.29) is 5.78 Å². The minimum Gasteiger partial charge on any atom is -0.346 e. The number of pyridine rings is 2. The molecule has 0 aromatic carbocycles. The molecule has 3 N–H and O–H groups in total. The van der Waals surface area contributed by atoms with Crippen LogP contribution in [0.3, 0.4) is 0 Å². The average Bonchev–Trinajstić information content (AvgIpc) is 2.98. The van der Waals surface area contributed by atoms with Crippen LogP contribution in [0.2, 0.25) is 5.02 Å². The molecule has 0 unspecified atom stereocenters. The van der Waals surface area contributed by atoms with Gasteiger partial charge in [-0.25, -0.2) is 4.98 Å². The lowest BCUT2D eigenvalue weighted by molar-refractivity contribution is 0.103. The highest BCUT2D eigenvalue weighted by molar-refractivity contribution is 6.30. The molecule has 102 valence electrons. The summed E-state index contributed by atoms with van der Waals surface area (Å²) in [5, 5.41) is 1.30. The molecule has 5 nitrogen and oxygen atoms in total. The van der Waals surface area contributed by atoms with Gasteiger partial charge in [-0.15, -0.1) is 0 Å². The lowest BCUT2D eigenvalue weighted by atomic mass is 10.1. The molecule has 0 bridgehead atoms. The summed E-state index contributed by atoms with van der Waals surface area (Å²) in [4.78, 5) is 23.5. The van der Waals surface area contributed by atoms with Gasteiger partial charge in [0.25, 0.3) is 0 Å². The monoisotopic (exact) mass is 288 g/mol. The summed E-state index contributed by atoms with van der Waals surface area (Å²) in [6, 6.07) is 6.78. The van der Waals surface area contributed by atoms with Gasteiger partial charge in [0.1, 0.15) is 11.3 Å². The molecular formula is C14H13ClN4O. The van der Waals surface area contributed by atoms with E-state index in [1.165, 1.54) is 13.2 Å². The number of carbonyl (C=O) groups excluding carboxylic acids is 1. The Morgan fingerprint density at radius 1 is 1.20 bits per heavy atom. The second-order valence-corrected chi connectivity index (χ2v) is 4.23. The van der Waals surface area contributed by atoms with Gasteiger partial charge in [-0.05, 0) is 31.3 Å². The molecule has 0 aliphatic carbocycles. The van der Waals surface area contributed by atoms with Gasteiger partial charge in [-0.3, -0.25) is 9.78 Å². The second-order valence-electron chi connectivity index (χ2n) is 3.79. The molecule has 0 fully saturated rings. The van der Waals surface area contributed by atoms with E-state index in [9.17, 15) is 4.79 Å². The van der Waals surface area contributed by atoms with Gasteiger partial charge in [-0.2, -0.15) is 0 Å². The van der Waals surface area contributed by atoms with Gasteiger partial charge in [0.2, 0.25) is 5.78 Å². The Labute approximate surface area is 120 Å². The highest BCUT2D eigenvalue weighted by Crippen LogP contribution is 2.18. The molecule has 0 amide bonds. The van der Waals surface area contributed by atoms with Crippen molar-refractivity contribution in [1.29, 1.82) is 0 Å². The highest BCUT2D eigenvalue weighted by atomic mass is 35.5. The summed E-state index contributed by atoms with van der Waals surface area (Å²) < 4.78 is 0. The van der Waals surface area contributed by atoms with E-state index in [0.29, 0.717) is 21.9 Å². The number of ketones is 1. The molecule has 0 aliphatic rings. The molecule has 0 atom stereocenters. The number of nitrogens with zero attached hydrogens (tertiary/aromatic N) is 2. The van der Waals surface area contributed by atoms with E-state index in [1.807, 2.05) is 6.07 Å². The zero-order valence-corrected chi connectivity index (χ0v) is 11.6. The maximum absolute atomic E-state index is 12.3. The number of aromatic amines is 1. The van der Waals surface area contributed by atoms with Gasteiger partial charge < -0.3 is 10.7 Å². The Kier molecular flexibility index (Phi) is 4.45. The fraction of sp³-hybridized carbons (Fsp3) is 0.0714. The normalized spacial score (nSPS) is 9.95. The number of hydrogen-bond donors (Lipinski definition) is 2. The Hall–Kier alpha value is -2.24. The molecule has 0 aliphatic heterocycles. The predicted octanol–water partition coefficient (Wildman–Crippen LogP) is 2.42. The van der Waals surface area contributed by atoms with Crippen LogP contribution in [0.5, 0.6) is 0 Å². The van der Waals surface area contributed by atoms with E-state index < -0.39 is 0 Å². The van der Waals surface area contributed by atoms with Gasteiger partial charge in [0.05, 0.1) is 5.02 Å². The Morgan fingerprint density at radius 2 is 2.00 bits per heavy atom. The number of aromatic nitrogens is 3. The van der Waals surface area contributed by atoms with Crippen molar-refractivity contribution >= 4 is 28.4 Å². The van der Waals surface area contributed by atoms with Crippen LogP contribution in [0, 0.1) is 0 Å². The summed E-state index contributed by atoms with van der Waals surface area (Å²) in [5.41, 5.74) is 6.14. The third-order valence-corrected chi connectivity index (χ3v) is 2.89. The quantitative estimate of drug-likeness (QED) is 0.709. The van der Waals surface area contributed by atoms with E-state index in [2.05, 4.69) is 20.7 Å². The van der Waals surface area contributed by atoms with Gasteiger partial charge in [0.15, 0.2) is 0 Å². The van der Waals surface area contributed by atoms with Crippen molar-refractivity contribution in [3.05, 3.63) is 59.1 Å². The summed E-state index contributed by atoms with van der Waals surface area (Å²) >= 11 is 5.75. The topological polar surface area (TPSA) is 84.7 Å². The van der Waals surface area contributed by atoms with Crippen LogP contribution in [0.4, 0.5) is 0 Å². The molecule has 20 heavy (non-hydrogen) atoms. The lowest BCUT2D eigenvalue weighted by Gasteiger charge is -2.01. The first-order valence-corrected chi connectivity index (χ1v) is 6.29. The fourth-order valence-electron chi connectivity index (χ4n) is 1.81. The summed E-state index contributed by atoms with van der Waals surface area (Å²) in [6.07, 6.45) is 4.82. The number of hydrogen-bond acceptors (Lipinski definition) is 4. The highest BCUT2D eigenvalue weighted by Gasteiger charge is 2.14. The number of nitrogens with two attached hydrogens (primary N) is 1. The molecule has 0 saturated carbocycles. The molecule has 0 spiro atoms. The van der Waals surface area contributed by atoms with Crippen molar-refractivity contribution < 1.29 is 4.79 Å². The van der Waals surface area contributed by atoms with E-state index in [4.69, 9.17) is 11.6 Å². The molecule has 0 saturated heterocycles. The maximum Gasteiger partial charge on any atom is 0.212 e. The Morgan fingerprint density at radius 3 is 2.70 bits per heavy atom. The summed E-state index contributed by atoms with van der Waals surface area (Å²) in [7, 11) is 1.50. The Bertz CT molecular complexity index is 721. The molecule has 3 heterocycles. The van der Waals surface area contributed by atoms with Gasteiger partial charge in [-0.1, -0.05) is 11.6 Å². The molecule has 0 radical (unpaired) electrons. The third-order valence-electron chi connectivity index (χ3n) is 2.66. The number of H-pyrrole nitrogens is 1. The maximum atomic E-state index is 12.3. The fourth-order valence-corrected chi connectivity index (χ4v) is 1.92. The molecule has 3 rings (SSSR count). The first-order chi connectivity index (χ1) is 9.75. The Balaban J connectivity index is 0.000000704. The summed E-state index contributed by atoms with van der Waals surface area (Å²) in [5.74, 6) is -0.140. The van der Waals surface area contributed by atoms with Crippen molar-refractivity contribution in [3.63, 3.8) is 0 Å². The minimum absolute atomic E-state index is 0.140. The smallest absolute Gasteiger partial charge is 0.212 e. The van der Waals surface area contributed by atoms with Gasteiger partial charge >= 0.3 is 0 Å². The van der Waals surface area contributed by atoms with Crippen molar-refractivity contribution in [2.24, 2.45) is 5.73 Å². The minimum atomic E-state index is -0.140. The first-order valence-electron chi connectivity index (χ1n) is 5.92. The SMILES string of the molecule is CN.O=C(c1ccc(Cl)cn1)c1ccnc2[nH]ccc12. The van der Waals surface area contributed by atoms with Crippen LogP contribution in [0.15, 0.2) is 42.9 Å². The number of rotatable bonds is 2. The number of halogens is 1. The van der Waals surface area contributed by atoms with Crippen molar-refractivity contribution in [2.75, 3.05) is 7.05 Å². The molecule has 3 aromatic rings. The van der Waals surface area contributed by atoms with E-state index in [0.717, 1.165) is 5.39 Å². The molecular weight excluding hydrogens is 276 g/mol. The van der Waals surface area contributed by atoms with E-state index >= 15 is 0 Å². The van der Waals surface area contributed by atoms with Crippen molar-refractivity contribution in [1.82, 2.24) is 15.0 Å². The van der Waals surface area contributed by atoms with Crippen LogP contribution >= 0.6 is 11.6 Å². The summed E-state index contributed by atoms with van der Waals surface area (Å²) in [6.45, 7) is 0. The zero-order chi connectivity index (χ0) is 14.5. The number of fused-ring (bicyclic) bond motifs is 1. The van der Waals surface area contributed by atoms with Crippen LogP contribution in [-0.4, -0.2) is 27.8 Å². The second kappa shape index (κ2) is 6.27. The average molecular weight is 289 g/mol. The molecule has 6 heteroatoms. The van der Waals surface area contributed by atoms with E-state index in [1.54, 1.807) is 30.6 Å². The molecule has 3 aromatic heterocycles. The van der Waals surface area contributed by atoms with Crippen LogP contribution in [-0.2, 0) is 0 Å². The predicted molar refractivity (Wildman–Crippen MR) is 78.9 cm³/mol. The van der Waals surface area contributed by atoms with Crippen LogP contribution < -0.4 is 5.73 Å². The third kappa shape index (κ3) is 2.68. The number of carbonyl (C=O) groups is 1. The lowest BCUT2D eigenvalue weighted by Crippen LogP contribution is -2.04. The van der Waals surface area contributed by atoms with Crippen molar-refractivity contribution in [3.8, 4) is 0 Å². The first kappa shape index (κ1) is 14.2. The van der Waals surface area contributed by atoms with Crippen LogP contribution in [0.1, 0.15) is 16.1 Å². The number of nitrogens with one attached hydrogen (secondary N) is 1. The zero-order valence-electron chi connectivity index (χ0n) is 10.8. The van der Waals surface area contributed by atoms with Crippen LogP contribution in [0.25, 0.3) is 11.0 Å². The standard InChI is InChI=1S/C13H8ClN3O.CH5N/c14-8-1-2-11(17-7-8)12(18)9-3-5-15-13-10(9)4-6-16-13;1-2/h1-7H,(H,15,16);2H2,1H3. The van der Waals surface area contributed by atoms with Crippen molar-refractivity contribution in [2.45, 2.75) is 0 Å². The largest absolute Gasteiger partial charge is 0.346 e. The van der Waals surface area contributed by atoms with Gasteiger partial charge in [0, 0.05) is 29.5 Å².